The van der Waals surface area contributed by atoms with Gasteiger partial charge in [-0.3, -0.25) is 0 Å². The van der Waals surface area contributed by atoms with Gasteiger partial charge in [-0.15, -0.1) is 0 Å². The second kappa shape index (κ2) is 5.58. The summed E-state index contributed by atoms with van der Waals surface area (Å²) in [6.07, 6.45) is 0. The van der Waals surface area contributed by atoms with Crippen LogP contribution in [0.4, 0.5) is 8.78 Å². The van der Waals surface area contributed by atoms with E-state index < -0.39 is 12.6 Å². The van der Waals surface area contributed by atoms with Crippen LogP contribution in [0, 0.1) is 0 Å². The molecule has 0 radical (unpaired) electrons. The number of halogens is 4. The Morgan fingerprint density at radius 1 is 1.31 bits per heavy atom. The summed E-state index contributed by atoms with van der Waals surface area (Å²) >= 11 is 6.13. The van der Waals surface area contributed by atoms with E-state index in [0.29, 0.717) is 4.47 Å². The van der Waals surface area contributed by atoms with Crippen LogP contribution in [0.15, 0.2) is 21.1 Å². The molecule has 1 aromatic carbocycles. The predicted molar refractivity (Wildman–Crippen MR) is 59.8 cm³/mol. The first-order valence-electron chi connectivity index (χ1n) is 3.98. The molecule has 0 N–H and O–H groups in total. The maximum atomic E-state index is 12.0. The minimum atomic E-state index is -2.92. The lowest BCUT2D eigenvalue weighted by Gasteiger charge is -2.10. The van der Waals surface area contributed by atoms with Gasteiger partial charge in [0.1, 0.15) is 5.75 Å². The summed E-state index contributed by atoms with van der Waals surface area (Å²) in [5, 5.41) is 0. The van der Waals surface area contributed by atoms with E-state index >= 15 is 0 Å². The highest BCUT2D eigenvalue weighted by Crippen LogP contribution is 2.36. The molecular formula is C9H6Br2F2O3. The Hall–Kier alpha value is -0.690. The fraction of sp³-hybridized carbons (Fsp3) is 0.222. The molecule has 0 aliphatic carbocycles. The number of benzene rings is 1. The first-order chi connectivity index (χ1) is 7.47. The molecule has 1 aromatic rings. The van der Waals surface area contributed by atoms with Gasteiger partial charge >= 0.3 is 12.6 Å². The molecule has 0 atom stereocenters. The number of carbonyl (C=O) groups is 1. The molecule has 0 amide bonds. The van der Waals surface area contributed by atoms with Crippen LogP contribution < -0.4 is 4.74 Å². The highest BCUT2D eigenvalue weighted by atomic mass is 79.9. The Bertz CT molecular complexity index is 410. The normalized spacial score (nSPS) is 10.4. The third-order valence-corrected chi connectivity index (χ3v) is 3.81. The summed E-state index contributed by atoms with van der Waals surface area (Å²) in [5.41, 5.74) is 0.219. The van der Waals surface area contributed by atoms with E-state index in [1.54, 1.807) is 0 Å². The number of rotatable bonds is 3. The van der Waals surface area contributed by atoms with Gasteiger partial charge in [0.2, 0.25) is 0 Å². The minimum Gasteiger partial charge on any atom is -0.465 e. The summed E-state index contributed by atoms with van der Waals surface area (Å²) in [6, 6.07) is 2.59. The van der Waals surface area contributed by atoms with Crippen molar-refractivity contribution in [2.24, 2.45) is 0 Å². The van der Waals surface area contributed by atoms with Gasteiger partial charge in [0.15, 0.2) is 0 Å². The van der Waals surface area contributed by atoms with Gasteiger partial charge in [0.25, 0.3) is 0 Å². The van der Waals surface area contributed by atoms with E-state index in [2.05, 4.69) is 41.3 Å². The summed E-state index contributed by atoms with van der Waals surface area (Å²) in [4.78, 5) is 11.3. The average molecular weight is 360 g/mol. The molecule has 0 bridgehead atoms. The number of hydrogen-bond acceptors (Lipinski definition) is 3. The van der Waals surface area contributed by atoms with Crippen LogP contribution in [-0.4, -0.2) is 19.7 Å². The lowest BCUT2D eigenvalue weighted by molar-refractivity contribution is -0.0504. The topological polar surface area (TPSA) is 35.5 Å². The molecule has 0 heterocycles. The zero-order valence-corrected chi connectivity index (χ0v) is 11.1. The SMILES string of the molecule is COC(=O)c1ccc(OC(F)F)c(Br)c1Br. The van der Waals surface area contributed by atoms with E-state index in [9.17, 15) is 13.6 Å². The Labute approximate surface area is 107 Å². The molecule has 0 unspecified atom stereocenters. The van der Waals surface area contributed by atoms with Crippen molar-refractivity contribution < 1.29 is 23.0 Å². The van der Waals surface area contributed by atoms with E-state index in [-0.39, 0.29) is 15.8 Å². The maximum Gasteiger partial charge on any atom is 0.387 e. The predicted octanol–water partition coefficient (Wildman–Crippen LogP) is 3.60. The third-order valence-electron chi connectivity index (χ3n) is 1.67. The fourth-order valence-electron chi connectivity index (χ4n) is 0.986. The first-order valence-corrected chi connectivity index (χ1v) is 5.57. The minimum absolute atomic E-state index is 0.0606. The lowest BCUT2D eigenvalue weighted by Crippen LogP contribution is -2.06. The van der Waals surface area contributed by atoms with Gasteiger partial charge in [-0.25, -0.2) is 4.79 Å². The quantitative estimate of drug-likeness (QED) is 0.773. The standard InChI is InChI=1S/C9H6Br2F2O3/c1-15-8(14)4-2-3-5(16-9(12)13)7(11)6(4)10/h2-3,9H,1H3. The fourth-order valence-corrected chi connectivity index (χ4v) is 1.91. The van der Waals surface area contributed by atoms with Crippen molar-refractivity contribution in [2.45, 2.75) is 6.61 Å². The molecule has 0 fully saturated rings. The van der Waals surface area contributed by atoms with Gasteiger partial charge in [-0.1, -0.05) is 0 Å². The highest BCUT2D eigenvalue weighted by molar-refractivity contribution is 9.13. The molecule has 0 aromatic heterocycles. The van der Waals surface area contributed by atoms with Gasteiger partial charge in [0.05, 0.1) is 17.1 Å². The molecule has 7 heteroatoms. The summed E-state index contributed by atoms with van der Waals surface area (Å²) < 4.78 is 33.3. The molecule has 3 nitrogen and oxygen atoms in total. The number of methoxy groups -OCH3 is 1. The summed E-state index contributed by atoms with van der Waals surface area (Å²) in [5.74, 6) is -0.634. The molecule has 0 saturated carbocycles. The molecular weight excluding hydrogens is 354 g/mol. The molecule has 1 rings (SSSR count). The number of carbonyl (C=O) groups excluding carboxylic acids is 1. The van der Waals surface area contributed by atoms with E-state index in [0.717, 1.165) is 0 Å². The molecule has 16 heavy (non-hydrogen) atoms. The second-order valence-electron chi connectivity index (χ2n) is 2.61. The van der Waals surface area contributed by atoms with Crippen molar-refractivity contribution >= 4 is 37.8 Å². The Morgan fingerprint density at radius 3 is 2.44 bits per heavy atom. The number of esters is 1. The smallest absolute Gasteiger partial charge is 0.387 e. The zero-order chi connectivity index (χ0) is 12.3. The van der Waals surface area contributed by atoms with Gasteiger partial charge in [-0.05, 0) is 44.0 Å². The molecule has 0 saturated heterocycles. The third kappa shape index (κ3) is 2.91. The van der Waals surface area contributed by atoms with E-state index in [4.69, 9.17) is 0 Å². The summed E-state index contributed by atoms with van der Waals surface area (Å²) in [7, 11) is 1.23. The van der Waals surface area contributed by atoms with E-state index in [1.165, 1.54) is 19.2 Å². The van der Waals surface area contributed by atoms with E-state index in [1.807, 2.05) is 0 Å². The molecule has 0 spiro atoms. The van der Waals surface area contributed by atoms with Gasteiger partial charge in [0, 0.05) is 4.47 Å². The number of ether oxygens (including phenoxy) is 2. The van der Waals surface area contributed by atoms with Gasteiger partial charge in [-0.2, -0.15) is 8.78 Å². The Morgan fingerprint density at radius 2 is 1.94 bits per heavy atom. The van der Waals surface area contributed by atoms with Crippen molar-refractivity contribution in [1.29, 1.82) is 0 Å². The lowest BCUT2D eigenvalue weighted by atomic mass is 10.2. The van der Waals surface area contributed by atoms with Crippen molar-refractivity contribution in [3.8, 4) is 5.75 Å². The first kappa shape index (κ1) is 13.4. The molecule has 88 valence electrons. The number of hydrogen-bond donors (Lipinski definition) is 0. The van der Waals surface area contributed by atoms with Crippen LogP contribution in [-0.2, 0) is 4.74 Å². The maximum absolute atomic E-state index is 12.0. The van der Waals surface area contributed by atoms with Crippen molar-refractivity contribution in [3.63, 3.8) is 0 Å². The van der Waals surface area contributed by atoms with Gasteiger partial charge < -0.3 is 9.47 Å². The number of alkyl halides is 2. The van der Waals surface area contributed by atoms with Crippen LogP contribution in [0.25, 0.3) is 0 Å². The summed E-state index contributed by atoms with van der Waals surface area (Å²) in [6.45, 7) is -2.92. The van der Waals surface area contributed by atoms with Crippen molar-refractivity contribution in [2.75, 3.05) is 7.11 Å². The van der Waals surface area contributed by atoms with Crippen molar-refractivity contribution in [3.05, 3.63) is 26.6 Å². The average Bonchev–Trinajstić information content (AvgIpc) is 2.23. The van der Waals surface area contributed by atoms with Crippen LogP contribution in [0.2, 0.25) is 0 Å². The monoisotopic (exact) mass is 358 g/mol. The van der Waals surface area contributed by atoms with Crippen LogP contribution in [0.5, 0.6) is 5.75 Å². The van der Waals surface area contributed by atoms with Crippen LogP contribution in [0.3, 0.4) is 0 Å². The largest absolute Gasteiger partial charge is 0.465 e. The molecule has 0 aliphatic rings. The molecule has 0 aliphatic heterocycles. The zero-order valence-electron chi connectivity index (χ0n) is 7.97. The highest BCUT2D eigenvalue weighted by Gasteiger charge is 2.17. The van der Waals surface area contributed by atoms with Crippen LogP contribution >= 0.6 is 31.9 Å². The van der Waals surface area contributed by atoms with Crippen LogP contribution in [0.1, 0.15) is 10.4 Å². The van der Waals surface area contributed by atoms with Crippen molar-refractivity contribution in [1.82, 2.24) is 0 Å². The second-order valence-corrected chi connectivity index (χ2v) is 4.20. The Kier molecular flexibility index (Phi) is 4.67. The Balaban J connectivity index is 3.13.